The van der Waals surface area contributed by atoms with E-state index < -0.39 is 5.97 Å². The van der Waals surface area contributed by atoms with Crippen molar-refractivity contribution in [3.63, 3.8) is 0 Å². The molecule has 0 fully saturated rings. The minimum atomic E-state index is -0.496. The summed E-state index contributed by atoms with van der Waals surface area (Å²) in [5.41, 5.74) is 7.76. The van der Waals surface area contributed by atoms with Crippen LogP contribution in [-0.4, -0.2) is 13.1 Å². The van der Waals surface area contributed by atoms with Gasteiger partial charge in [-0.3, -0.25) is 0 Å². The van der Waals surface area contributed by atoms with Crippen molar-refractivity contribution in [2.45, 2.75) is 6.92 Å². The summed E-state index contributed by atoms with van der Waals surface area (Å²) in [6, 6.07) is 14.6. The van der Waals surface area contributed by atoms with Gasteiger partial charge in [0.05, 0.1) is 7.11 Å². The highest BCUT2D eigenvalue weighted by Crippen LogP contribution is 2.39. The summed E-state index contributed by atoms with van der Waals surface area (Å²) in [5.74, 6) is 0.430. The molecule has 0 aliphatic rings. The van der Waals surface area contributed by atoms with Gasteiger partial charge in [0.2, 0.25) is 0 Å². The molecule has 24 heavy (non-hydrogen) atoms. The Morgan fingerprint density at radius 3 is 2.46 bits per heavy atom. The summed E-state index contributed by atoms with van der Waals surface area (Å²) in [6.45, 7) is 1.79. The number of hydrogen-bond donors (Lipinski definition) is 1. The minimum Gasteiger partial charge on any atom is -0.495 e. The van der Waals surface area contributed by atoms with Crippen LogP contribution in [0.15, 0.2) is 53.0 Å². The fourth-order valence-corrected chi connectivity index (χ4v) is 3.05. The van der Waals surface area contributed by atoms with E-state index in [2.05, 4.69) is 15.9 Å². The Balaban J connectivity index is 2.19. The standard InChI is InChI=1S/C19H16BrNO3/c1-11-16(19(22)24-13-6-4-3-5-7-13)18(23-2)15-10-12(20)8-9-14(15)17(11)21/h3-10H,21H2,1-2H3. The number of anilines is 1. The monoisotopic (exact) mass is 385 g/mol. The average Bonchev–Trinajstić information content (AvgIpc) is 2.58. The van der Waals surface area contributed by atoms with Crippen LogP contribution < -0.4 is 15.2 Å². The Hall–Kier alpha value is -2.53. The Bertz CT molecular complexity index is 923. The van der Waals surface area contributed by atoms with E-state index in [1.807, 2.05) is 24.3 Å². The summed E-state index contributed by atoms with van der Waals surface area (Å²) in [5, 5.41) is 1.60. The number of methoxy groups -OCH3 is 1. The van der Waals surface area contributed by atoms with E-state index >= 15 is 0 Å². The Kier molecular flexibility index (Phi) is 4.44. The summed E-state index contributed by atoms with van der Waals surface area (Å²) in [4.78, 5) is 12.7. The maximum absolute atomic E-state index is 12.7. The number of carbonyl (C=O) groups excluding carboxylic acids is 1. The molecular weight excluding hydrogens is 370 g/mol. The lowest BCUT2D eigenvalue weighted by Gasteiger charge is -2.17. The highest BCUT2D eigenvalue weighted by atomic mass is 79.9. The number of carbonyl (C=O) groups is 1. The number of ether oxygens (including phenoxy) is 2. The molecule has 0 aliphatic heterocycles. The number of esters is 1. The topological polar surface area (TPSA) is 61.5 Å². The third-order valence-electron chi connectivity index (χ3n) is 3.88. The van der Waals surface area contributed by atoms with Gasteiger partial charge in [-0.05, 0) is 36.8 Å². The Labute approximate surface area is 148 Å². The van der Waals surface area contributed by atoms with Crippen molar-refractivity contribution >= 4 is 38.4 Å². The molecule has 0 saturated carbocycles. The number of nitrogens with two attached hydrogens (primary N) is 1. The first-order valence-corrected chi connectivity index (χ1v) is 8.14. The maximum Gasteiger partial charge on any atom is 0.347 e. The lowest BCUT2D eigenvalue weighted by molar-refractivity contribution is 0.0731. The highest BCUT2D eigenvalue weighted by molar-refractivity contribution is 9.10. The van der Waals surface area contributed by atoms with Crippen LogP contribution in [0.2, 0.25) is 0 Å². The fourth-order valence-electron chi connectivity index (χ4n) is 2.69. The first-order valence-electron chi connectivity index (χ1n) is 7.35. The van der Waals surface area contributed by atoms with Gasteiger partial charge >= 0.3 is 5.97 Å². The number of benzene rings is 3. The van der Waals surface area contributed by atoms with Crippen molar-refractivity contribution in [1.29, 1.82) is 0 Å². The van der Waals surface area contributed by atoms with E-state index in [1.54, 1.807) is 31.2 Å². The third-order valence-corrected chi connectivity index (χ3v) is 4.38. The van der Waals surface area contributed by atoms with Crippen LogP contribution in [0.5, 0.6) is 11.5 Å². The van der Waals surface area contributed by atoms with E-state index in [-0.39, 0.29) is 0 Å². The second-order valence-electron chi connectivity index (χ2n) is 5.34. The van der Waals surface area contributed by atoms with Gasteiger partial charge in [-0.2, -0.15) is 0 Å². The number of nitrogen functional groups attached to an aromatic ring is 1. The third kappa shape index (κ3) is 2.83. The van der Waals surface area contributed by atoms with E-state index in [0.29, 0.717) is 28.3 Å². The lowest BCUT2D eigenvalue weighted by atomic mass is 9.97. The molecule has 0 bridgehead atoms. The highest BCUT2D eigenvalue weighted by Gasteiger charge is 2.23. The zero-order valence-corrected chi connectivity index (χ0v) is 14.9. The first-order chi connectivity index (χ1) is 11.5. The molecule has 0 radical (unpaired) electrons. The molecule has 2 N–H and O–H groups in total. The molecule has 3 aromatic carbocycles. The van der Waals surface area contributed by atoms with E-state index in [0.717, 1.165) is 15.2 Å². The number of para-hydroxylation sites is 1. The van der Waals surface area contributed by atoms with Crippen molar-refractivity contribution in [3.05, 3.63) is 64.1 Å². The molecule has 0 unspecified atom stereocenters. The van der Waals surface area contributed by atoms with Gasteiger partial charge in [0.25, 0.3) is 0 Å². The SMILES string of the molecule is COc1c(C(=O)Oc2ccccc2)c(C)c(N)c2ccc(Br)cc12. The number of hydrogen-bond acceptors (Lipinski definition) is 4. The van der Waals surface area contributed by atoms with Gasteiger partial charge in [0.15, 0.2) is 0 Å². The first kappa shape index (κ1) is 16.3. The van der Waals surface area contributed by atoms with Crippen LogP contribution in [0.25, 0.3) is 10.8 Å². The smallest absolute Gasteiger partial charge is 0.347 e. The van der Waals surface area contributed by atoms with Crippen LogP contribution in [0, 0.1) is 6.92 Å². The fraction of sp³-hybridized carbons (Fsp3) is 0.105. The molecule has 0 atom stereocenters. The summed E-state index contributed by atoms with van der Waals surface area (Å²) < 4.78 is 11.9. The molecule has 5 heteroatoms. The number of fused-ring (bicyclic) bond motifs is 1. The van der Waals surface area contributed by atoms with Crippen molar-refractivity contribution in [2.24, 2.45) is 0 Å². The quantitative estimate of drug-likeness (QED) is 0.402. The van der Waals surface area contributed by atoms with Crippen molar-refractivity contribution in [3.8, 4) is 11.5 Å². The second kappa shape index (κ2) is 6.53. The van der Waals surface area contributed by atoms with Crippen LogP contribution in [0.4, 0.5) is 5.69 Å². The minimum absolute atomic E-state index is 0.337. The molecule has 0 saturated heterocycles. The molecule has 122 valence electrons. The van der Waals surface area contributed by atoms with E-state index in [1.165, 1.54) is 7.11 Å². The lowest BCUT2D eigenvalue weighted by Crippen LogP contribution is -2.14. The van der Waals surface area contributed by atoms with Crippen LogP contribution in [0.1, 0.15) is 15.9 Å². The molecular formula is C19H16BrNO3. The van der Waals surface area contributed by atoms with Gasteiger partial charge < -0.3 is 15.2 Å². The maximum atomic E-state index is 12.7. The molecule has 0 aliphatic carbocycles. The zero-order chi connectivity index (χ0) is 17.3. The molecule has 0 spiro atoms. The zero-order valence-electron chi connectivity index (χ0n) is 13.3. The Morgan fingerprint density at radius 2 is 1.79 bits per heavy atom. The molecule has 3 aromatic rings. The molecule has 0 amide bonds. The predicted molar refractivity (Wildman–Crippen MR) is 98.7 cm³/mol. The molecule has 0 heterocycles. The molecule has 0 aromatic heterocycles. The van der Waals surface area contributed by atoms with Crippen LogP contribution in [-0.2, 0) is 0 Å². The summed E-state index contributed by atoms with van der Waals surface area (Å²) in [7, 11) is 1.53. The van der Waals surface area contributed by atoms with Crippen LogP contribution in [0.3, 0.4) is 0 Å². The summed E-state index contributed by atoms with van der Waals surface area (Å²) >= 11 is 3.44. The van der Waals surface area contributed by atoms with Crippen molar-refractivity contribution < 1.29 is 14.3 Å². The van der Waals surface area contributed by atoms with Gasteiger partial charge in [-0.15, -0.1) is 0 Å². The second-order valence-corrected chi connectivity index (χ2v) is 6.26. The average molecular weight is 386 g/mol. The van der Waals surface area contributed by atoms with Crippen LogP contribution >= 0.6 is 15.9 Å². The summed E-state index contributed by atoms with van der Waals surface area (Å²) in [6.07, 6.45) is 0. The molecule has 3 rings (SSSR count). The van der Waals surface area contributed by atoms with Gasteiger partial charge in [-0.1, -0.05) is 40.2 Å². The van der Waals surface area contributed by atoms with Gasteiger partial charge in [0, 0.05) is 20.9 Å². The van der Waals surface area contributed by atoms with Crippen molar-refractivity contribution in [1.82, 2.24) is 0 Å². The normalized spacial score (nSPS) is 10.6. The van der Waals surface area contributed by atoms with Gasteiger partial charge in [0.1, 0.15) is 17.1 Å². The number of rotatable bonds is 3. The number of halogens is 1. The van der Waals surface area contributed by atoms with Gasteiger partial charge in [-0.25, -0.2) is 4.79 Å². The van der Waals surface area contributed by atoms with Crippen molar-refractivity contribution in [2.75, 3.05) is 12.8 Å². The largest absolute Gasteiger partial charge is 0.495 e. The van der Waals surface area contributed by atoms with E-state index in [9.17, 15) is 4.79 Å². The molecule has 4 nitrogen and oxygen atoms in total. The van der Waals surface area contributed by atoms with E-state index in [4.69, 9.17) is 15.2 Å². The predicted octanol–water partition coefficient (Wildman–Crippen LogP) is 4.72. The Morgan fingerprint density at radius 1 is 1.08 bits per heavy atom.